The van der Waals surface area contributed by atoms with Gasteiger partial charge in [0.2, 0.25) is 0 Å². The molecule has 1 aromatic heterocycles. The van der Waals surface area contributed by atoms with Crippen LogP contribution in [0, 0.1) is 0 Å². The van der Waals surface area contributed by atoms with Gasteiger partial charge in [0, 0.05) is 17.0 Å². The number of carbonyl (C=O) groups excluding carboxylic acids is 1. The van der Waals surface area contributed by atoms with Crippen molar-refractivity contribution in [1.29, 1.82) is 0 Å². The normalized spacial score (nSPS) is 10.4. The van der Waals surface area contributed by atoms with Crippen LogP contribution in [0.5, 0.6) is 0 Å². The van der Waals surface area contributed by atoms with E-state index < -0.39 is 0 Å². The zero-order valence-electron chi connectivity index (χ0n) is 6.08. The standard InChI is InChI=1S/C9H5ClO2/c10-9-4-7-3-6(5-11)1-2-8(7)12-9/h1-5H. The van der Waals surface area contributed by atoms with Gasteiger partial charge in [0.1, 0.15) is 11.9 Å². The monoisotopic (exact) mass is 180 g/mol. The second-order valence-electron chi connectivity index (χ2n) is 2.47. The van der Waals surface area contributed by atoms with Crippen molar-refractivity contribution in [3.8, 4) is 0 Å². The van der Waals surface area contributed by atoms with E-state index in [1.54, 1.807) is 24.3 Å². The van der Waals surface area contributed by atoms with Gasteiger partial charge in [-0.1, -0.05) is 0 Å². The van der Waals surface area contributed by atoms with Gasteiger partial charge in [-0.25, -0.2) is 0 Å². The average molecular weight is 181 g/mol. The predicted molar refractivity (Wildman–Crippen MR) is 46.6 cm³/mol. The summed E-state index contributed by atoms with van der Waals surface area (Å²) in [5, 5.41) is 1.19. The maximum Gasteiger partial charge on any atom is 0.194 e. The molecule has 60 valence electrons. The maximum atomic E-state index is 10.4. The highest BCUT2D eigenvalue weighted by Gasteiger charge is 2.01. The molecule has 2 nitrogen and oxygen atoms in total. The second-order valence-corrected chi connectivity index (χ2v) is 2.84. The molecule has 1 aromatic carbocycles. The topological polar surface area (TPSA) is 30.2 Å². The van der Waals surface area contributed by atoms with E-state index in [9.17, 15) is 4.79 Å². The number of hydrogen-bond donors (Lipinski definition) is 0. The van der Waals surface area contributed by atoms with Crippen LogP contribution in [0.15, 0.2) is 28.7 Å². The molecule has 0 N–H and O–H groups in total. The summed E-state index contributed by atoms with van der Waals surface area (Å²) in [5.74, 6) is 0. The molecule has 3 heteroatoms. The number of aldehydes is 1. The molecule has 0 saturated carbocycles. The molecule has 0 unspecified atom stereocenters. The Morgan fingerprint density at radius 2 is 2.17 bits per heavy atom. The average Bonchev–Trinajstić information content (AvgIpc) is 2.43. The molecule has 0 amide bonds. The van der Waals surface area contributed by atoms with Crippen molar-refractivity contribution in [3.05, 3.63) is 35.0 Å². The van der Waals surface area contributed by atoms with Crippen molar-refractivity contribution in [1.82, 2.24) is 0 Å². The van der Waals surface area contributed by atoms with Crippen molar-refractivity contribution in [2.24, 2.45) is 0 Å². The number of rotatable bonds is 1. The molecule has 0 aliphatic rings. The van der Waals surface area contributed by atoms with E-state index in [1.165, 1.54) is 0 Å². The fraction of sp³-hybridized carbons (Fsp3) is 0. The van der Waals surface area contributed by atoms with E-state index in [0.29, 0.717) is 16.4 Å². The van der Waals surface area contributed by atoms with Gasteiger partial charge in [-0.3, -0.25) is 4.79 Å². The molecular weight excluding hydrogens is 176 g/mol. The van der Waals surface area contributed by atoms with Crippen LogP contribution < -0.4 is 0 Å². The molecular formula is C9H5ClO2. The fourth-order valence-corrected chi connectivity index (χ4v) is 1.30. The second kappa shape index (κ2) is 2.64. The number of carbonyl (C=O) groups is 1. The van der Waals surface area contributed by atoms with Crippen LogP contribution >= 0.6 is 11.6 Å². The van der Waals surface area contributed by atoms with E-state index in [4.69, 9.17) is 16.0 Å². The van der Waals surface area contributed by atoms with Gasteiger partial charge in [0.05, 0.1) is 0 Å². The predicted octanol–water partition coefficient (Wildman–Crippen LogP) is 2.90. The quantitative estimate of drug-likeness (QED) is 0.632. The van der Waals surface area contributed by atoms with Crippen molar-refractivity contribution in [2.45, 2.75) is 0 Å². The van der Waals surface area contributed by atoms with Gasteiger partial charge >= 0.3 is 0 Å². The number of benzene rings is 1. The molecule has 0 radical (unpaired) electrons. The summed E-state index contributed by atoms with van der Waals surface area (Å²) < 4.78 is 5.12. The van der Waals surface area contributed by atoms with Gasteiger partial charge in [0.15, 0.2) is 5.22 Å². The zero-order valence-corrected chi connectivity index (χ0v) is 6.84. The van der Waals surface area contributed by atoms with Crippen molar-refractivity contribution in [3.63, 3.8) is 0 Å². The molecule has 0 fully saturated rings. The smallest absolute Gasteiger partial charge is 0.194 e. The summed E-state index contributed by atoms with van der Waals surface area (Å²) in [7, 11) is 0. The van der Waals surface area contributed by atoms with E-state index in [0.717, 1.165) is 11.7 Å². The Bertz CT molecular complexity index is 431. The van der Waals surface area contributed by atoms with Gasteiger partial charge < -0.3 is 4.42 Å². The largest absolute Gasteiger partial charge is 0.445 e. The molecule has 0 aliphatic heterocycles. The number of furan rings is 1. The Morgan fingerprint density at radius 1 is 1.33 bits per heavy atom. The van der Waals surface area contributed by atoms with E-state index in [2.05, 4.69) is 0 Å². The first-order chi connectivity index (χ1) is 5.79. The summed E-state index contributed by atoms with van der Waals surface area (Å²) in [6.45, 7) is 0. The van der Waals surface area contributed by atoms with Gasteiger partial charge in [0.25, 0.3) is 0 Å². The molecule has 12 heavy (non-hydrogen) atoms. The minimum atomic E-state index is 0.341. The number of halogens is 1. The number of fused-ring (bicyclic) bond motifs is 1. The maximum absolute atomic E-state index is 10.4. The highest BCUT2D eigenvalue weighted by molar-refractivity contribution is 6.29. The Balaban J connectivity index is 2.74. The first-order valence-corrected chi connectivity index (χ1v) is 3.81. The molecule has 0 bridgehead atoms. The Morgan fingerprint density at radius 3 is 2.92 bits per heavy atom. The summed E-state index contributed by atoms with van der Waals surface area (Å²) >= 11 is 5.62. The lowest BCUT2D eigenvalue weighted by Gasteiger charge is -1.88. The van der Waals surface area contributed by atoms with Crippen LogP contribution in [0.2, 0.25) is 5.22 Å². The van der Waals surface area contributed by atoms with E-state index >= 15 is 0 Å². The lowest BCUT2D eigenvalue weighted by molar-refractivity contribution is 0.112. The Labute approximate surface area is 73.7 Å². The third-order valence-corrected chi connectivity index (χ3v) is 1.83. The SMILES string of the molecule is O=Cc1ccc2oc(Cl)cc2c1. The van der Waals surface area contributed by atoms with Crippen LogP contribution in [-0.2, 0) is 0 Å². The highest BCUT2D eigenvalue weighted by atomic mass is 35.5. The van der Waals surface area contributed by atoms with Crippen molar-refractivity contribution in [2.75, 3.05) is 0 Å². The Kier molecular flexibility index (Phi) is 1.62. The summed E-state index contributed by atoms with van der Waals surface area (Å²) in [4.78, 5) is 10.4. The third-order valence-electron chi connectivity index (χ3n) is 1.65. The van der Waals surface area contributed by atoms with E-state index in [-0.39, 0.29) is 0 Å². The van der Waals surface area contributed by atoms with E-state index in [1.807, 2.05) is 0 Å². The Hall–Kier alpha value is -1.28. The van der Waals surface area contributed by atoms with Gasteiger partial charge in [-0.05, 0) is 29.8 Å². The van der Waals surface area contributed by atoms with Crippen LogP contribution in [0.4, 0.5) is 0 Å². The number of hydrogen-bond acceptors (Lipinski definition) is 2. The highest BCUT2D eigenvalue weighted by Crippen LogP contribution is 2.23. The summed E-state index contributed by atoms with van der Waals surface area (Å²) in [6.07, 6.45) is 0.792. The fourth-order valence-electron chi connectivity index (χ4n) is 1.10. The van der Waals surface area contributed by atoms with Crippen molar-refractivity contribution < 1.29 is 9.21 Å². The summed E-state index contributed by atoms with van der Waals surface area (Å²) in [5.41, 5.74) is 1.32. The first-order valence-electron chi connectivity index (χ1n) is 3.44. The van der Waals surface area contributed by atoms with Crippen LogP contribution in [0.1, 0.15) is 10.4 Å². The van der Waals surface area contributed by atoms with Crippen LogP contribution in [-0.4, -0.2) is 6.29 Å². The molecule has 0 aliphatic carbocycles. The van der Waals surface area contributed by atoms with Gasteiger partial charge in [-0.2, -0.15) is 0 Å². The van der Waals surface area contributed by atoms with Crippen molar-refractivity contribution >= 4 is 28.9 Å². The van der Waals surface area contributed by atoms with Gasteiger partial charge in [-0.15, -0.1) is 0 Å². The molecule has 0 atom stereocenters. The van der Waals surface area contributed by atoms with Crippen LogP contribution in [0.25, 0.3) is 11.0 Å². The first kappa shape index (κ1) is 7.37. The molecule has 2 aromatic rings. The lowest BCUT2D eigenvalue weighted by atomic mass is 10.2. The van der Waals surface area contributed by atoms with Crippen LogP contribution in [0.3, 0.4) is 0 Å². The third kappa shape index (κ3) is 1.10. The molecule has 2 rings (SSSR count). The minimum Gasteiger partial charge on any atom is -0.445 e. The summed E-state index contributed by atoms with van der Waals surface area (Å²) in [6, 6.07) is 6.84. The molecule has 1 heterocycles. The lowest BCUT2D eigenvalue weighted by Crippen LogP contribution is -1.75. The molecule has 0 spiro atoms. The minimum absolute atomic E-state index is 0.341. The zero-order chi connectivity index (χ0) is 8.55. The molecule has 0 saturated heterocycles.